The molecule has 108 valence electrons. The molecule has 3 heteroatoms. The van der Waals surface area contributed by atoms with E-state index in [4.69, 9.17) is 11.6 Å². The first kappa shape index (κ1) is 14.3. The average molecular weight is 303 g/mol. The van der Waals surface area contributed by atoms with Gasteiger partial charge in [-0.3, -0.25) is 4.79 Å². The van der Waals surface area contributed by atoms with Crippen molar-refractivity contribution in [2.45, 2.75) is 31.6 Å². The number of fused-ring (bicyclic) bond motifs is 1. The summed E-state index contributed by atoms with van der Waals surface area (Å²) in [4.78, 5) is 12.4. The van der Waals surface area contributed by atoms with Crippen LogP contribution in [0.5, 0.6) is 0 Å². The van der Waals surface area contributed by atoms with E-state index in [-0.39, 0.29) is 17.3 Å². The number of carbonyl (C=O) groups excluding carboxylic acids is 1. The van der Waals surface area contributed by atoms with E-state index in [1.165, 1.54) is 23.3 Å². The zero-order valence-electron chi connectivity index (χ0n) is 11.6. The molecule has 0 amide bonds. The van der Waals surface area contributed by atoms with Crippen LogP contribution >= 0.6 is 11.6 Å². The SMILES string of the molecule is O=C(CC1CCCc2ccccc21)c1ccc(Cl)cc1F. The molecule has 1 aliphatic carbocycles. The highest BCUT2D eigenvalue weighted by Crippen LogP contribution is 2.34. The molecule has 1 unspecified atom stereocenters. The van der Waals surface area contributed by atoms with E-state index in [9.17, 15) is 9.18 Å². The molecule has 0 bridgehead atoms. The molecule has 1 aliphatic rings. The lowest BCUT2D eigenvalue weighted by molar-refractivity contribution is 0.0967. The molecule has 0 N–H and O–H groups in total. The van der Waals surface area contributed by atoms with Gasteiger partial charge in [0.25, 0.3) is 0 Å². The number of hydrogen-bond acceptors (Lipinski definition) is 1. The predicted molar refractivity (Wildman–Crippen MR) is 82.5 cm³/mol. The van der Waals surface area contributed by atoms with Crippen molar-refractivity contribution in [2.75, 3.05) is 0 Å². The Kier molecular flexibility index (Phi) is 4.07. The molecule has 1 nitrogen and oxygen atoms in total. The Hall–Kier alpha value is -1.67. The predicted octanol–water partition coefficient (Wildman–Crippen LogP) is 5.17. The van der Waals surface area contributed by atoms with Crippen molar-refractivity contribution in [1.82, 2.24) is 0 Å². The smallest absolute Gasteiger partial charge is 0.166 e. The number of hydrogen-bond donors (Lipinski definition) is 0. The van der Waals surface area contributed by atoms with E-state index >= 15 is 0 Å². The van der Waals surface area contributed by atoms with Crippen molar-refractivity contribution in [3.05, 3.63) is 70.0 Å². The molecule has 0 aromatic heterocycles. The summed E-state index contributed by atoms with van der Waals surface area (Å²) in [6.07, 6.45) is 3.49. The molecule has 2 aromatic carbocycles. The van der Waals surface area contributed by atoms with Crippen LogP contribution in [0.2, 0.25) is 5.02 Å². The van der Waals surface area contributed by atoms with Gasteiger partial charge in [0, 0.05) is 11.4 Å². The maximum Gasteiger partial charge on any atom is 0.166 e. The molecule has 21 heavy (non-hydrogen) atoms. The highest BCUT2D eigenvalue weighted by Gasteiger charge is 2.24. The molecular formula is C18H16ClFO. The lowest BCUT2D eigenvalue weighted by Gasteiger charge is -2.25. The van der Waals surface area contributed by atoms with Gasteiger partial charge < -0.3 is 0 Å². The summed E-state index contributed by atoms with van der Waals surface area (Å²) < 4.78 is 13.8. The summed E-state index contributed by atoms with van der Waals surface area (Å²) in [7, 11) is 0. The van der Waals surface area contributed by atoms with Gasteiger partial charge in [0.1, 0.15) is 5.82 Å². The molecule has 0 spiro atoms. The van der Waals surface area contributed by atoms with Crippen molar-refractivity contribution in [2.24, 2.45) is 0 Å². The highest BCUT2D eigenvalue weighted by molar-refractivity contribution is 6.30. The van der Waals surface area contributed by atoms with Crippen LogP contribution in [0, 0.1) is 5.82 Å². The largest absolute Gasteiger partial charge is 0.294 e. The summed E-state index contributed by atoms with van der Waals surface area (Å²) in [5.74, 6) is -0.486. The van der Waals surface area contributed by atoms with Crippen molar-refractivity contribution >= 4 is 17.4 Å². The van der Waals surface area contributed by atoms with Crippen molar-refractivity contribution < 1.29 is 9.18 Å². The Morgan fingerprint density at radius 1 is 1.24 bits per heavy atom. The number of benzene rings is 2. The molecule has 0 fully saturated rings. The molecule has 0 saturated carbocycles. The van der Waals surface area contributed by atoms with Gasteiger partial charge in [-0.15, -0.1) is 0 Å². The van der Waals surface area contributed by atoms with Crippen LogP contribution in [0.4, 0.5) is 4.39 Å². The van der Waals surface area contributed by atoms with Gasteiger partial charge in [-0.25, -0.2) is 4.39 Å². The van der Waals surface area contributed by atoms with Gasteiger partial charge in [-0.2, -0.15) is 0 Å². The third kappa shape index (κ3) is 3.01. The van der Waals surface area contributed by atoms with Crippen LogP contribution in [0.25, 0.3) is 0 Å². The molecule has 2 aromatic rings. The second kappa shape index (κ2) is 5.98. The van der Waals surface area contributed by atoms with E-state index < -0.39 is 5.82 Å². The molecule has 0 heterocycles. The van der Waals surface area contributed by atoms with E-state index in [2.05, 4.69) is 12.1 Å². The van der Waals surface area contributed by atoms with Crippen LogP contribution in [-0.4, -0.2) is 5.78 Å². The summed E-state index contributed by atoms with van der Waals surface area (Å²) in [6, 6.07) is 12.5. The minimum Gasteiger partial charge on any atom is -0.294 e. The maximum absolute atomic E-state index is 13.8. The Bertz CT molecular complexity index is 681. The molecule has 0 aliphatic heterocycles. The van der Waals surface area contributed by atoms with E-state index in [1.54, 1.807) is 6.07 Å². The number of rotatable bonds is 3. The first-order valence-corrected chi connectivity index (χ1v) is 7.59. The van der Waals surface area contributed by atoms with Crippen molar-refractivity contribution in [3.8, 4) is 0 Å². The van der Waals surface area contributed by atoms with E-state index in [0.717, 1.165) is 19.3 Å². The average Bonchev–Trinajstić information content (AvgIpc) is 2.47. The third-order valence-electron chi connectivity index (χ3n) is 4.16. The fourth-order valence-corrected chi connectivity index (χ4v) is 3.27. The highest BCUT2D eigenvalue weighted by atomic mass is 35.5. The molecule has 3 rings (SSSR count). The topological polar surface area (TPSA) is 17.1 Å². The van der Waals surface area contributed by atoms with Crippen LogP contribution in [-0.2, 0) is 6.42 Å². The number of ketones is 1. The summed E-state index contributed by atoms with van der Waals surface area (Å²) in [5.41, 5.74) is 2.70. The van der Waals surface area contributed by atoms with Crippen LogP contribution in [0.1, 0.15) is 46.7 Å². The molecule has 0 saturated heterocycles. The minimum atomic E-state index is -0.531. The first-order valence-electron chi connectivity index (χ1n) is 7.21. The molecule has 0 radical (unpaired) electrons. The van der Waals surface area contributed by atoms with Gasteiger partial charge in [0.2, 0.25) is 0 Å². The van der Waals surface area contributed by atoms with Gasteiger partial charge in [-0.05, 0) is 54.5 Å². The second-order valence-electron chi connectivity index (χ2n) is 5.54. The van der Waals surface area contributed by atoms with Gasteiger partial charge in [0.05, 0.1) is 5.56 Å². The number of Topliss-reactive ketones (excluding diaryl/α,β-unsaturated/α-hetero) is 1. The Morgan fingerprint density at radius 2 is 2.05 bits per heavy atom. The fourth-order valence-electron chi connectivity index (χ4n) is 3.12. The Morgan fingerprint density at radius 3 is 2.86 bits per heavy atom. The monoisotopic (exact) mass is 302 g/mol. The third-order valence-corrected chi connectivity index (χ3v) is 4.39. The van der Waals surface area contributed by atoms with Crippen molar-refractivity contribution in [3.63, 3.8) is 0 Å². The zero-order chi connectivity index (χ0) is 14.8. The van der Waals surface area contributed by atoms with Crippen molar-refractivity contribution in [1.29, 1.82) is 0 Å². The lowest BCUT2D eigenvalue weighted by Crippen LogP contribution is -2.14. The number of carbonyl (C=O) groups is 1. The quantitative estimate of drug-likeness (QED) is 0.715. The van der Waals surface area contributed by atoms with Gasteiger partial charge >= 0.3 is 0 Å². The first-order chi connectivity index (χ1) is 10.1. The normalized spacial score (nSPS) is 17.3. The number of halogens is 2. The van der Waals surface area contributed by atoms with E-state index in [0.29, 0.717) is 11.4 Å². The van der Waals surface area contributed by atoms with Crippen LogP contribution in [0.15, 0.2) is 42.5 Å². The van der Waals surface area contributed by atoms with Crippen LogP contribution in [0.3, 0.4) is 0 Å². The maximum atomic E-state index is 13.8. The zero-order valence-corrected chi connectivity index (χ0v) is 12.4. The molecular weight excluding hydrogens is 287 g/mol. The second-order valence-corrected chi connectivity index (χ2v) is 5.98. The minimum absolute atomic E-state index is 0.141. The summed E-state index contributed by atoms with van der Waals surface area (Å²) in [5, 5.41) is 0.312. The molecule has 1 atom stereocenters. The Balaban J connectivity index is 1.83. The Labute approximate surface area is 128 Å². The standard InChI is InChI=1S/C18H16ClFO/c19-14-8-9-16(17(20)11-14)18(21)10-13-6-3-5-12-4-1-2-7-15(12)13/h1-2,4,7-9,11,13H,3,5-6,10H2. The lowest BCUT2D eigenvalue weighted by atomic mass is 9.79. The van der Waals surface area contributed by atoms with Gasteiger partial charge in [0.15, 0.2) is 5.78 Å². The fraction of sp³-hybridized carbons (Fsp3) is 0.278. The van der Waals surface area contributed by atoms with Gasteiger partial charge in [-0.1, -0.05) is 35.9 Å². The van der Waals surface area contributed by atoms with Crippen LogP contribution < -0.4 is 0 Å². The summed E-state index contributed by atoms with van der Waals surface area (Å²) in [6.45, 7) is 0. The van der Waals surface area contributed by atoms with E-state index in [1.807, 2.05) is 12.1 Å². The summed E-state index contributed by atoms with van der Waals surface area (Å²) >= 11 is 5.73. The number of aryl methyl sites for hydroxylation is 1.